The normalized spacial score (nSPS) is 22.1. The Morgan fingerprint density at radius 1 is 1.46 bits per heavy atom. The van der Waals surface area contributed by atoms with Crippen molar-refractivity contribution in [3.05, 3.63) is 29.6 Å². The molecule has 2 nitrogen and oxygen atoms in total. The van der Waals surface area contributed by atoms with E-state index < -0.39 is 5.82 Å². The van der Waals surface area contributed by atoms with Crippen molar-refractivity contribution in [2.24, 2.45) is 0 Å². The van der Waals surface area contributed by atoms with Crippen molar-refractivity contribution < 1.29 is 9.50 Å². The molecule has 1 aromatic carbocycles. The highest BCUT2D eigenvalue weighted by atomic mass is 19.1. The van der Waals surface area contributed by atoms with Crippen LogP contribution in [0.5, 0.6) is 5.75 Å². The summed E-state index contributed by atoms with van der Waals surface area (Å²) >= 11 is 0. The van der Waals surface area contributed by atoms with E-state index in [1.165, 1.54) is 12.1 Å². The van der Waals surface area contributed by atoms with E-state index in [1.54, 1.807) is 6.07 Å². The Morgan fingerprint density at radius 3 is 2.92 bits per heavy atom. The average molecular weight is 181 g/mol. The summed E-state index contributed by atoms with van der Waals surface area (Å²) in [4.78, 5) is 0. The number of hydrogen-bond donors (Lipinski definition) is 2. The maximum Gasteiger partial charge on any atom is 0.164 e. The van der Waals surface area contributed by atoms with Gasteiger partial charge in [-0.15, -0.1) is 0 Å². The highest BCUT2D eigenvalue weighted by Crippen LogP contribution is 2.26. The van der Waals surface area contributed by atoms with Crippen LogP contribution in [0.25, 0.3) is 0 Å². The number of rotatable bonds is 1. The number of hydrogen-bond acceptors (Lipinski definition) is 2. The summed E-state index contributed by atoms with van der Waals surface area (Å²) in [6.07, 6.45) is 2.20. The molecule has 13 heavy (non-hydrogen) atoms. The Bertz CT molecular complexity index is 308. The lowest BCUT2D eigenvalue weighted by Crippen LogP contribution is -2.12. The van der Waals surface area contributed by atoms with Gasteiger partial charge in [0.2, 0.25) is 0 Å². The standard InChI is InChI=1S/C10H12FNO/c11-8-4-3-7(6-10(8)13)9-2-1-5-12-9/h3-4,6,9,12-13H,1-2,5H2/t9-/m0/s1. The average Bonchev–Trinajstić information content (AvgIpc) is 2.62. The van der Waals surface area contributed by atoms with Gasteiger partial charge in [0.05, 0.1) is 0 Å². The van der Waals surface area contributed by atoms with Gasteiger partial charge in [0.15, 0.2) is 11.6 Å². The Balaban J connectivity index is 2.25. The fraction of sp³-hybridized carbons (Fsp3) is 0.400. The second-order valence-electron chi connectivity index (χ2n) is 3.36. The molecule has 0 unspecified atom stereocenters. The van der Waals surface area contributed by atoms with Crippen LogP contribution >= 0.6 is 0 Å². The monoisotopic (exact) mass is 181 g/mol. The molecule has 1 heterocycles. The van der Waals surface area contributed by atoms with E-state index in [0.29, 0.717) is 0 Å². The highest BCUT2D eigenvalue weighted by molar-refractivity contribution is 5.31. The first-order valence-corrected chi connectivity index (χ1v) is 4.49. The summed E-state index contributed by atoms with van der Waals surface area (Å²) in [5.41, 5.74) is 0.969. The quantitative estimate of drug-likeness (QED) is 0.694. The lowest BCUT2D eigenvalue weighted by Gasteiger charge is -2.10. The third kappa shape index (κ3) is 1.65. The summed E-state index contributed by atoms with van der Waals surface area (Å²) in [6, 6.07) is 4.81. The maximum atomic E-state index is 12.7. The molecule has 0 aliphatic carbocycles. The molecule has 1 aliphatic rings. The predicted molar refractivity (Wildman–Crippen MR) is 48.0 cm³/mol. The van der Waals surface area contributed by atoms with Crippen molar-refractivity contribution in [3.8, 4) is 5.75 Å². The zero-order valence-corrected chi connectivity index (χ0v) is 7.26. The van der Waals surface area contributed by atoms with E-state index >= 15 is 0 Å². The Labute approximate surface area is 76.4 Å². The minimum Gasteiger partial charge on any atom is -0.505 e. The van der Waals surface area contributed by atoms with Crippen LogP contribution in [0.4, 0.5) is 4.39 Å². The van der Waals surface area contributed by atoms with Gasteiger partial charge in [-0.1, -0.05) is 6.07 Å². The molecule has 1 aromatic rings. The summed E-state index contributed by atoms with van der Waals surface area (Å²) in [5.74, 6) is -0.812. The molecule has 1 atom stereocenters. The van der Waals surface area contributed by atoms with Crippen molar-refractivity contribution in [2.75, 3.05) is 6.54 Å². The number of phenols is 1. The summed E-state index contributed by atoms with van der Waals surface area (Å²) in [7, 11) is 0. The first-order valence-electron chi connectivity index (χ1n) is 4.49. The molecule has 0 amide bonds. The molecule has 70 valence electrons. The van der Waals surface area contributed by atoms with Crippen LogP contribution in [0.1, 0.15) is 24.4 Å². The molecule has 0 saturated carbocycles. The third-order valence-electron chi connectivity index (χ3n) is 2.43. The van der Waals surface area contributed by atoms with Crippen molar-refractivity contribution in [3.63, 3.8) is 0 Å². The molecule has 2 N–H and O–H groups in total. The number of aromatic hydroxyl groups is 1. The number of nitrogens with one attached hydrogen (secondary N) is 1. The number of phenolic OH excluding ortho intramolecular Hbond substituents is 1. The molecule has 0 radical (unpaired) electrons. The highest BCUT2D eigenvalue weighted by Gasteiger charge is 2.16. The second-order valence-corrected chi connectivity index (χ2v) is 3.36. The third-order valence-corrected chi connectivity index (χ3v) is 2.43. The Hall–Kier alpha value is -1.09. The summed E-state index contributed by atoms with van der Waals surface area (Å²) in [5, 5.41) is 12.4. The van der Waals surface area contributed by atoms with Gasteiger partial charge in [0.25, 0.3) is 0 Å². The van der Waals surface area contributed by atoms with E-state index in [1.807, 2.05) is 0 Å². The molecule has 1 aliphatic heterocycles. The van der Waals surface area contributed by atoms with E-state index in [0.717, 1.165) is 24.9 Å². The van der Waals surface area contributed by atoms with Gasteiger partial charge in [-0.2, -0.15) is 0 Å². The van der Waals surface area contributed by atoms with Gasteiger partial charge < -0.3 is 10.4 Å². The predicted octanol–water partition coefficient (Wildman–Crippen LogP) is 1.96. The largest absolute Gasteiger partial charge is 0.505 e. The van der Waals surface area contributed by atoms with Crippen molar-refractivity contribution in [1.82, 2.24) is 5.32 Å². The van der Waals surface area contributed by atoms with Crippen LogP contribution < -0.4 is 5.32 Å². The Morgan fingerprint density at radius 2 is 2.31 bits per heavy atom. The molecule has 0 spiro atoms. The summed E-state index contributed by atoms with van der Waals surface area (Å²) < 4.78 is 12.7. The van der Waals surface area contributed by atoms with Crippen LogP contribution in [0.15, 0.2) is 18.2 Å². The van der Waals surface area contributed by atoms with E-state index in [4.69, 9.17) is 5.11 Å². The van der Waals surface area contributed by atoms with Crippen molar-refractivity contribution in [1.29, 1.82) is 0 Å². The van der Waals surface area contributed by atoms with Gasteiger partial charge in [-0.05, 0) is 37.1 Å². The molecule has 1 fully saturated rings. The molecular formula is C10H12FNO. The first-order chi connectivity index (χ1) is 6.27. The Kier molecular flexibility index (Phi) is 2.19. The molecule has 0 bridgehead atoms. The van der Waals surface area contributed by atoms with E-state index in [2.05, 4.69) is 5.32 Å². The lowest BCUT2D eigenvalue weighted by molar-refractivity contribution is 0.430. The molecular weight excluding hydrogens is 169 g/mol. The van der Waals surface area contributed by atoms with E-state index in [9.17, 15) is 4.39 Å². The lowest BCUT2D eigenvalue weighted by atomic mass is 10.1. The number of halogens is 1. The van der Waals surface area contributed by atoms with Crippen LogP contribution in [-0.4, -0.2) is 11.7 Å². The van der Waals surface area contributed by atoms with E-state index in [-0.39, 0.29) is 11.8 Å². The SMILES string of the molecule is Oc1cc([C@@H]2CCCN2)ccc1F. The van der Waals surface area contributed by atoms with Gasteiger partial charge >= 0.3 is 0 Å². The molecule has 2 rings (SSSR count). The molecule has 3 heteroatoms. The van der Waals surface area contributed by atoms with Gasteiger partial charge in [-0.3, -0.25) is 0 Å². The van der Waals surface area contributed by atoms with Crippen LogP contribution in [0, 0.1) is 5.82 Å². The topological polar surface area (TPSA) is 32.3 Å². The van der Waals surface area contributed by atoms with Gasteiger partial charge in [0.1, 0.15) is 0 Å². The minimum atomic E-state index is -0.554. The van der Waals surface area contributed by atoms with Gasteiger partial charge in [0, 0.05) is 6.04 Å². The first kappa shape index (κ1) is 8.51. The summed E-state index contributed by atoms with van der Waals surface area (Å²) in [6.45, 7) is 1.00. The van der Waals surface area contributed by atoms with Crippen LogP contribution in [0.2, 0.25) is 0 Å². The second kappa shape index (κ2) is 3.34. The zero-order valence-electron chi connectivity index (χ0n) is 7.26. The number of benzene rings is 1. The maximum absolute atomic E-state index is 12.7. The smallest absolute Gasteiger partial charge is 0.164 e. The van der Waals surface area contributed by atoms with Gasteiger partial charge in [-0.25, -0.2) is 4.39 Å². The van der Waals surface area contributed by atoms with Crippen molar-refractivity contribution >= 4 is 0 Å². The molecule has 0 aromatic heterocycles. The van der Waals surface area contributed by atoms with Crippen LogP contribution in [0.3, 0.4) is 0 Å². The zero-order chi connectivity index (χ0) is 9.26. The minimum absolute atomic E-state index is 0.258. The fourth-order valence-electron chi connectivity index (χ4n) is 1.72. The van der Waals surface area contributed by atoms with Crippen LogP contribution in [-0.2, 0) is 0 Å². The fourth-order valence-corrected chi connectivity index (χ4v) is 1.72. The molecule has 1 saturated heterocycles. The van der Waals surface area contributed by atoms with Crippen molar-refractivity contribution in [2.45, 2.75) is 18.9 Å².